The topological polar surface area (TPSA) is 105 Å². The third kappa shape index (κ3) is 7.84. The molecule has 0 atom stereocenters. The summed E-state index contributed by atoms with van der Waals surface area (Å²) in [4.78, 5) is 29.2. The molecule has 0 radical (unpaired) electrons. The first-order valence-electron chi connectivity index (χ1n) is 12.5. The molecular weight excluding hydrogens is 584 g/mol. The number of carbonyl (C=O) groups excluding carboxylic acids is 2. The normalized spacial score (nSPS) is 13.8. The zero-order valence-corrected chi connectivity index (χ0v) is 23.4. The number of aliphatic imine (C=N–C) groups is 1. The fourth-order valence-corrected chi connectivity index (χ4v) is 5.88. The third-order valence-corrected chi connectivity index (χ3v) is 8.43. The molecule has 11 heteroatoms. The van der Waals surface area contributed by atoms with Crippen LogP contribution in [0.2, 0.25) is 0 Å². The van der Waals surface area contributed by atoms with Crippen molar-refractivity contribution in [2.45, 2.75) is 18.2 Å². The average Bonchev–Trinajstić information content (AvgIpc) is 3.28. The molecule has 0 saturated carbocycles. The van der Waals surface area contributed by atoms with Crippen LogP contribution in [0.3, 0.4) is 0 Å². The van der Waals surface area contributed by atoms with E-state index in [9.17, 15) is 22.4 Å². The van der Waals surface area contributed by atoms with Crippen LogP contribution in [0.4, 0.5) is 10.1 Å². The van der Waals surface area contributed by atoms with Crippen molar-refractivity contribution in [2.24, 2.45) is 4.99 Å². The van der Waals surface area contributed by atoms with E-state index in [0.717, 1.165) is 22.9 Å². The molecule has 0 unspecified atom stereocenters. The molecule has 0 bridgehead atoms. The van der Waals surface area contributed by atoms with Gasteiger partial charge < -0.3 is 5.32 Å². The van der Waals surface area contributed by atoms with Gasteiger partial charge in [-0.15, -0.1) is 0 Å². The first kappa shape index (κ1) is 31.4. The third-order valence-electron chi connectivity index (χ3n) is 6.15. The number of hydrogen-bond acceptors (Lipinski definition) is 6. The molecule has 1 heterocycles. The van der Waals surface area contributed by atoms with Gasteiger partial charge >= 0.3 is 29.6 Å². The van der Waals surface area contributed by atoms with Crippen molar-refractivity contribution in [1.82, 2.24) is 4.72 Å². The quantitative estimate of drug-likeness (QED) is 0.218. The molecule has 42 heavy (non-hydrogen) atoms. The second-order valence-corrected chi connectivity index (χ2v) is 12.0. The summed E-state index contributed by atoms with van der Waals surface area (Å²) >= 11 is 1.13. The number of amides is 2. The number of sulfonamides is 1. The number of carbonyl (C=O) groups is 2. The summed E-state index contributed by atoms with van der Waals surface area (Å²) in [5.41, 5.74) is 3.92. The minimum atomic E-state index is -3.96. The Morgan fingerprint density at radius 3 is 2.31 bits per heavy atom. The summed E-state index contributed by atoms with van der Waals surface area (Å²) in [6.45, 7) is 1.84. The molecule has 5 rings (SSSR count). The van der Waals surface area contributed by atoms with E-state index in [1.54, 1.807) is 54.6 Å². The van der Waals surface area contributed by atoms with E-state index in [4.69, 9.17) is 0 Å². The molecule has 208 valence electrons. The Labute approximate surface area is 269 Å². The van der Waals surface area contributed by atoms with Gasteiger partial charge in [-0.3, -0.25) is 9.59 Å². The molecule has 0 aromatic heterocycles. The van der Waals surface area contributed by atoms with E-state index >= 15 is 0 Å². The summed E-state index contributed by atoms with van der Waals surface area (Å²) in [5, 5.41) is 3.41. The Balaban J connectivity index is 0.00000405. The number of aryl methyl sites for hydroxylation is 1. The number of amidine groups is 1. The van der Waals surface area contributed by atoms with Crippen LogP contribution in [0.5, 0.6) is 0 Å². The Morgan fingerprint density at radius 2 is 1.64 bits per heavy atom. The van der Waals surface area contributed by atoms with Crippen molar-refractivity contribution in [3.05, 3.63) is 124 Å². The summed E-state index contributed by atoms with van der Waals surface area (Å²) in [5.74, 6) is -1.48. The maximum atomic E-state index is 14.7. The molecule has 0 aliphatic carbocycles. The van der Waals surface area contributed by atoms with Crippen molar-refractivity contribution >= 4 is 80.1 Å². The van der Waals surface area contributed by atoms with E-state index in [1.165, 1.54) is 18.2 Å². The molecule has 1 aliphatic heterocycles. The molecule has 7 nitrogen and oxygen atoms in total. The van der Waals surface area contributed by atoms with E-state index in [0.29, 0.717) is 32.5 Å². The molecule has 2 amide bonds. The van der Waals surface area contributed by atoms with Gasteiger partial charge in [0, 0.05) is 11.3 Å². The number of nitrogens with zero attached hydrogens (tertiary/aromatic N) is 1. The van der Waals surface area contributed by atoms with E-state index < -0.39 is 21.8 Å². The maximum absolute atomic E-state index is 14.7. The predicted molar refractivity (Wildman–Crippen MR) is 167 cm³/mol. The van der Waals surface area contributed by atoms with Crippen LogP contribution in [-0.2, 0) is 26.0 Å². The predicted octanol–water partition coefficient (Wildman–Crippen LogP) is 5.28. The SMILES string of the molecule is Cc1ccc(S(=O)(=O)NC(=O)Cc2ccc(NC3=NC(=O)/C(=C\c4ccc(-c5ccccc5)c(F)c4)S3)cc2)cc1.[NaH]. The van der Waals surface area contributed by atoms with Gasteiger partial charge in [-0.05, 0) is 71.8 Å². The molecule has 4 aromatic carbocycles. The zero-order chi connectivity index (χ0) is 29.0. The molecule has 2 N–H and O–H groups in total. The van der Waals surface area contributed by atoms with E-state index in [2.05, 4.69) is 15.0 Å². The molecule has 0 spiro atoms. The number of anilines is 1. The van der Waals surface area contributed by atoms with Gasteiger partial charge in [-0.2, -0.15) is 4.99 Å². The first-order valence-corrected chi connectivity index (χ1v) is 14.8. The fourth-order valence-electron chi connectivity index (χ4n) is 4.06. The van der Waals surface area contributed by atoms with E-state index in [-0.39, 0.29) is 46.7 Å². The van der Waals surface area contributed by atoms with Gasteiger partial charge in [-0.1, -0.05) is 72.3 Å². The van der Waals surface area contributed by atoms with Crippen LogP contribution in [0, 0.1) is 12.7 Å². The van der Waals surface area contributed by atoms with Gasteiger partial charge in [0.05, 0.1) is 16.2 Å². The van der Waals surface area contributed by atoms with Crippen LogP contribution in [0.1, 0.15) is 16.7 Å². The second-order valence-electron chi connectivity index (χ2n) is 9.28. The van der Waals surface area contributed by atoms with Crippen LogP contribution in [0.15, 0.2) is 112 Å². The molecule has 0 saturated heterocycles. The number of rotatable bonds is 7. The van der Waals surface area contributed by atoms with Crippen LogP contribution >= 0.6 is 11.8 Å². The second kappa shape index (κ2) is 13.6. The van der Waals surface area contributed by atoms with Crippen molar-refractivity contribution < 1.29 is 22.4 Å². The number of halogens is 1. The van der Waals surface area contributed by atoms with E-state index in [1.807, 2.05) is 37.3 Å². The van der Waals surface area contributed by atoms with Crippen LogP contribution in [0.25, 0.3) is 17.2 Å². The van der Waals surface area contributed by atoms with Gasteiger partial charge in [0.2, 0.25) is 5.91 Å². The number of thioether (sulfide) groups is 1. The van der Waals surface area contributed by atoms with Crippen LogP contribution < -0.4 is 10.0 Å². The standard InChI is InChI=1S/C31H24FN3O4S2.Na.H/c1-20-7-14-25(15-8-20)41(38,39)35-29(36)19-21-9-12-24(13-10-21)33-31-34-30(37)28(40-31)18-22-11-16-26(27(32)17-22)23-5-3-2-4-6-23;;/h2-18H,19H2,1H3,(H,35,36)(H,33,34,37);;/b28-18+;;. The monoisotopic (exact) mass is 609 g/mol. The average molecular weight is 610 g/mol. The Kier molecular flexibility index (Phi) is 10.2. The van der Waals surface area contributed by atoms with Gasteiger partial charge in [0.15, 0.2) is 5.17 Å². The van der Waals surface area contributed by atoms with Crippen molar-refractivity contribution in [2.75, 3.05) is 5.32 Å². The van der Waals surface area contributed by atoms with Gasteiger partial charge in [0.1, 0.15) is 5.82 Å². The van der Waals surface area contributed by atoms with Gasteiger partial charge in [-0.25, -0.2) is 17.5 Å². The molecule has 4 aromatic rings. The van der Waals surface area contributed by atoms with Crippen molar-refractivity contribution in [1.29, 1.82) is 0 Å². The van der Waals surface area contributed by atoms with Crippen molar-refractivity contribution in [3.63, 3.8) is 0 Å². The number of nitrogens with one attached hydrogen (secondary N) is 2. The summed E-state index contributed by atoms with van der Waals surface area (Å²) in [7, 11) is -3.96. The molecular formula is C31H25FN3NaO4S2. The number of benzene rings is 4. The minimum absolute atomic E-state index is 0. The fraction of sp³-hybridized carbons (Fsp3) is 0.0645. The molecule has 0 fully saturated rings. The Bertz CT molecular complexity index is 1790. The van der Waals surface area contributed by atoms with Crippen molar-refractivity contribution in [3.8, 4) is 11.1 Å². The number of hydrogen-bond donors (Lipinski definition) is 2. The Hall–Kier alpha value is -3.54. The zero-order valence-electron chi connectivity index (χ0n) is 21.8. The summed E-state index contributed by atoms with van der Waals surface area (Å²) in [6, 6.07) is 27.0. The van der Waals surface area contributed by atoms with Crippen LogP contribution in [-0.4, -0.2) is 55.0 Å². The van der Waals surface area contributed by atoms with Gasteiger partial charge in [0.25, 0.3) is 15.9 Å². The summed E-state index contributed by atoms with van der Waals surface area (Å²) in [6.07, 6.45) is 1.46. The summed E-state index contributed by atoms with van der Waals surface area (Å²) < 4.78 is 41.7. The first-order chi connectivity index (χ1) is 19.7. The Morgan fingerprint density at radius 1 is 0.952 bits per heavy atom. The molecule has 1 aliphatic rings.